The Balaban J connectivity index is 3.78. The fourth-order valence-electron chi connectivity index (χ4n) is 0.865. The van der Waals surface area contributed by atoms with Gasteiger partial charge in [0.2, 0.25) is 0 Å². The van der Waals surface area contributed by atoms with Gasteiger partial charge in [-0.1, -0.05) is 23.2 Å². The third-order valence-corrected chi connectivity index (χ3v) is 3.53. The number of hydrogen-bond acceptors (Lipinski definition) is 3. The van der Waals surface area contributed by atoms with E-state index in [2.05, 4.69) is 5.32 Å². The Morgan fingerprint density at radius 1 is 1.69 bits per heavy atom. The van der Waals surface area contributed by atoms with Crippen molar-refractivity contribution in [3.8, 4) is 0 Å². The van der Waals surface area contributed by atoms with Crippen molar-refractivity contribution in [3.05, 3.63) is 10.6 Å². The Bertz CT molecular complexity index is 162. The molecule has 0 spiro atoms. The van der Waals surface area contributed by atoms with E-state index in [1.165, 1.54) is 5.54 Å². The molecule has 2 atom stereocenters. The molecule has 0 heterocycles. The van der Waals surface area contributed by atoms with E-state index in [-0.39, 0.29) is 17.9 Å². The molecule has 0 aliphatic heterocycles. The van der Waals surface area contributed by atoms with Crippen LogP contribution < -0.4 is 5.32 Å². The Kier molecular flexibility index (Phi) is 8.31. The molecule has 0 rings (SSSR count). The normalized spacial score (nSPS) is 17.2. The topological polar surface area (TPSA) is 32.3 Å². The first kappa shape index (κ1) is 13.6. The Hall–Kier alpha value is 0.590. The van der Waals surface area contributed by atoms with Crippen LogP contribution in [-0.4, -0.2) is 35.8 Å². The molecule has 5 heteroatoms. The highest BCUT2D eigenvalue weighted by Gasteiger charge is 2.14. The van der Waals surface area contributed by atoms with Gasteiger partial charge < -0.3 is 10.4 Å². The van der Waals surface area contributed by atoms with Crippen LogP contribution in [0.25, 0.3) is 0 Å². The molecular weight excluding hydrogens is 229 g/mol. The summed E-state index contributed by atoms with van der Waals surface area (Å²) in [4.78, 5) is 0. The van der Waals surface area contributed by atoms with Crippen LogP contribution in [0.4, 0.5) is 0 Å². The maximum atomic E-state index is 8.98. The molecule has 2 unspecified atom stereocenters. The molecule has 78 valence electrons. The number of halogens is 2. The summed E-state index contributed by atoms with van der Waals surface area (Å²) < 4.78 is 0. The van der Waals surface area contributed by atoms with Crippen LogP contribution in [0.5, 0.6) is 0 Å². The quantitative estimate of drug-likeness (QED) is 0.749. The Labute approximate surface area is 93.7 Å². The monoisotopic (exact) mass is 243 g/mol. The van der Waals surface area contributed by atoms with Crippen LogP contribution in [0, 0.1) is 0 Å². The average molecular weight is 244 g/mol. The van der Waals surface area contributed by atoms with E-state index in [1.54, 1.807) is 11.8 Å². The molecule has 0 fully saturated rings. The van der Waals surface area contributed by atoms with Gasteiger partial charge in [0.15, 0.2) is 0 Å². The summed E-state index contributed by atoms with van der Waals surface area (Å²) >= 11 is 12.7. The van der Waals surface area contributed by atoms with Gasteiger partial charge in [0.1, 0.15) is 0 Å². The molecule has 13 heavy (non-hydrogen) atoms. The minimum Gasteiger partial charge on any atom is -0.395 e. The number of thioether (sulfide) groups is 1. The van der Waals surface area contributed by atoms with Gasteiger partial charge in [-0.2, -0.15) is 11.8 Å². The van der Waals surface area contributed by atoms with Gasteiger partial charge in [-0.25, -0.2) is 0 Å². The number of aliphatic hydroxyl groups excluding tert-OH is 1. The van der Waals surface area contributed by atoms with E-state index in [0.29, 0.717) is 11.6 Å². The highest BCUT2D eigenvalue weighted by molar-refractivity contribution is 7.99. The van der Waals surface area contributed by atoms with Crippen molar-refractivity contribution >= 4 is 35.0 Å². The first-order chi connectivity index (χ1) is 6.15. The van der Waals surface area contributed by atoms with E-state index < -0.39 is 0 Å². The van der Waals surface area contributed by atoms with Crippen molar-refractivity contribution in [2.75, 3.05) is 19.4 Å². The zero-order valence-electron chi connectivity index (χ0n) is 7.76. The molecule has 0 aromatic carbocycles. The van der Waals surface area contributed by atoms with Gasteiger partial charge >= 0.3 is 0 Å². The highest BCUT2D eigenvalue weighted by atomic mass is 35.5. The van der Waals surface area contributed by atoms with E-state index >= 15 is 0 Å². The molecule has 0 saturated carbocycles. The van der Waals surface area contributed by atoms with Crippen LogP contribution in [0.1, 0.15) is 6.92 Å². The molecule has 2 N–H and O–H groups in total. The summed E-state index contributed by atoms with van der Waals surface area (Å²) in [5, 5.41) is 12.9. The average Bonchev–Trinajstić information content (AvgIpc) is 2.16. The maximum absolute atomic E-state index is 8.98. The lowest BCUT2D eigenvalue weighted by Gasteiger charge is -2.20. The standard InChI is InChI=1S/C8H15Cl2NOS/c1-6(8(5-12)13-2)11-4-7(10)3-9/h3,6,8,11-12H,4-5H2,1-2H3. The van der Waals surface area contributed by atoms with Gasteiger partial charge in [0.05, 0.1) is 6.61 Å². The van der Waals surface area contributed by atoms with Crippen molar-refractivity contribution < 1.29 is 5.11 Å². The molecule has 0 aliphatic carbocycles. The molecule has 2 nitrogen and oxygen atoms in total. The van der Waals surface area contributed by atoms with Crippen molar-refractivity contribution in [1.29, 1.82) is 0 Å². The van der Waals surface area contributed by atoms with Crippen LogP contribution in [0.15, 0.2) is 10.6 Å². The van der Waals surface area contributed by atoms with Crippen molar-refractivity contribution in [2.24, 2.45) is 0 Å². The predicted octanol–water partition coefficient (Wildman–Crippen LogP) is 2.01. The SMILES string of the molecule is CSC(CO)C(C)NCC(Cl)=CCl. The van der Waals surface area contributed by atoms with Gasteiger partial charge in [0, 0.05) is 28.4 Å². The van der Waals surface area contributed by atoms with Crippen LogP contribution in [-0.2, 0) is 0 Å². The van der Waals surface area contributed by atoms with Crippen molar-refractivity contribution in [2.45, 2.75) is 18.2 Å². The first-order valence-electron chi connectivity index (χ1n) is 3.97. The number of nitrogens with one attached hydrogen (secondary N) is 1. The number of rotatable bonds is 6. The van der Waals surface area contributed by atoms with Crippen molar-refractivity contribution in [1.82, 2.24) is 5.32 Å². The summed E-state index contributed by atoms with van der Waals surface area (Å²) in [5.74, 6) is 0. The maximum Gasteiger partial charge on any atom is 0.0564 e. The lowest BCUT2D eigenvalue weighted by Crippen LogP contribution is -2.38. The number of hydrogen-bond donors (Lipinski definition) is 2. The smallest absolute Gasteiger partial charge is 0.0564 e. The van der Waals surface area contributed by atoms with E-state index in [1.807, 2.05) is 13.2 Å². The van der Waals surface area contributed by atoms with Gasteiger partial charge in [0.25, 0.3) is 0 Å². The molecular formula is C8H15Cl2NOS. The minimum absolute atomic E-state index is 0.164. The first-order valence-corrected chi connectivity index (χ1v) is 6.07. The van der Waals surface area contributed by atoms with E-state index in [4.69, 9.17) is 28.3 Å². The van der Waals surface area contributed by atoms with Crippen LogP contribution in [0.2, 0.25) is 0 Å². The molecule has 0 radical (unpaired) electrons. The van der Waals surface area contributed by atoms with Crippen LogP contribution in [0.3, 0.4) is 0 Å². The minimum atomic E-state index is 0.164. The molecule has 0 aromatic heterocycles. The summed E-state index contributed by atoms with van der Waals surface area (Å²) in [6.45, 7) is 2.72. The summed E-state index contributed by atoms with van der Waals surface area (Å²) in [6.07, 6.45) is 1.97. The Morgan fingerprint density at radius 2 is 2.31 bits per heavy atom. The molecule has 0 saturated heterocycles. The molecule has 0 aromatic rings. The molecule has 0 bridgehead atoms. The van der Waals surface area contributed by atoms with E-state index in [0.717, 1.165) is 0 Å². The summed E-state index contributed by atoms with van der Waals surface area (Å²) in [7, 11) is 0. The zero-order chi connectivity index (χ0) is 10.3. The third kappa shape index (κ3) is 5.81. The summed E-state index contributed by atoms with van der Waals surface area (Å²) in [5.41, 5.74) is 1.34. The molecule has 0 aliphatic rings. The fourth-order valence-corrected chi connectivity index (χ4v) is 1.67. The zero-order valence-corrected chi connectivity index (χ0v) is 10.1. The van der Waals surface area contributed by atoms with E-state index in [9.17, 15) is 0 Å². The predicted molar refractivity (Wildman–Crippen MR) is 61.6 cm³/mol. The van der Waals surface area contributed by atoms with Crippen molar-refractivity contribution in [3.63, 3.8) is 0 Å². The van der Waals surface area contributed by atoms with Gasteiger partial charge in [-0.05, 0) is 13.2 Å². The van der Waals surface area contributed by atoms with Gasteiger partial charge in [-0.3, -0.25) is 0 Å². The second-order valence-electron chi connectivity index (χ2n) is 2.68. The van der Waals surface area contributed by atoms with Crippen LogP contribution >= 0.6 is 35.0 Å². The lowest BCUT2D eigenvalue weighted by molar-refractivity contribution is 0.277. The Morgan fingerprint density at radius 3 is 2.69 bits per heavy atom. The third-order valence-electron chi connectivity index (χ3n) is 1.75. The second-order valence-corrected chi connectivity index (χ2v) is 4.46. The summed E-state index contributed by atoms with van der Waals surface area (Å²) in [6, 6.07) is 0.213. The second kappa shape index (κ2) is 7.94. The highest BCUT2D eigenvalue weighted by Crippen LogP contribution is 2.11. The number of aliphatic hydroxyl groups is 1. The molecule has 0 amide bonds. The van der Waals surface area contributed by atoms with Gasteiger partial charge in [-0.15, -0.1) is 0 Å². The lowest BCUT2D eigenvalue weighted by atomic mass is 10.2. The fraction of sp³-hybridized carbons (Fsp3) is 0.750. The largest absolute Gasteiger partial charge is 0.395 e.